The Kier molecular flexibility index (Phi) is 2.91. The number of nitrogens with one attached hydrogen (secondary N) is 2. The van der Waals surface area contributed by atoms with Crippen molar-refractivity contribution < 1.29 is 10.2 Å². The number of fused-ring (bicyclic) bond motifs is 1. The van der Waals surface area contributed by atoms with E-state index in [1.807, 2.05) is 30.5 Å². The van der Waals surface area contributed by atoms with Crippen molar-refractivity contribution in [3.8, 4) is 11.5 Å². The molecule has 3 aromatic rings. The Morgan fingerprint density at radius 1 is 1.10 bits per heavy atom. The molecule has 0 fully saturated rings. The SMILES string of the molecule is N=C(Cc1c[nH]c2ccccc12)c1ccc(O)cc1O. The average Bonchev–Trinajstić information content (AvgIpc) is 2.82. The van der Waals surface area contributed by atoms with Gasteiger partial charge in [-0.1, -0.05) is 18.2 Å². The third-order valence-corrected chi connectivity index (χ3v) is 3.35. The van der Waals surface area contributed by atoms with Crippen LogP contribution >= 0.6 is 0 Å². The smallest absolute Gasteiger partial charge is 0.128 e. The van der Waals surface area contributed by atoms with Crippen molar-refractivity contribution in [1.29, 1.82) is 5.41 Å². The molecule has 4 N–H and O–H groups in total. The van der Waals surface area contributed by atoms with Gasteiger partial charge in [0, 0.05) is 40.9 Å². The largest absolute Gasteiger partial charge is 0.508 e. The molecule has 4 nitrogen and oxygen atoms in total. The lowest BCUT2D eigenvalue weighted by atomic mass is 10.0. The summed E-state index contributed by atoms with van der Waals surface area (Å²) in [5.41, 5.74) is 2.80. The van der Waals surface area contributed by atoms with Gasteiger partial charge in [0.2, 0.25) is 0 Å². The second-order valence-corrected chi connectivity index (χ2v) is 4.72. The van der Waals surface area contributed by atoms with Crippen LogP contribution in [0.3, 0.4) is 0 Å². The number of aromatic amines is 1. The van der Waals surface area contributed by atoms with Crippen LogP contribution in [0.25, 0.3) is 10.9 Å². The number of rotatable bonds is 3. The summed E-state index contributed by atoms with van der Waals surface area (Å²) in [4.78, 5) is 3.17. The van der Waals surface area contributed by atoms with Gasteiger partial charge in [-0.25, -0.2) is 0 Å². The molecule has 100 valence electrons. The van der Waals surface area contributed by atoms with Crippen molar-refractivity contribution in [2.24, 2.45) is 0 Å². The summed E-state index contributed by atoms with van der Waals surface area (Å²) in [7, 11) is 0. The molecule has 0 saturated carbocycles. The van der Waals surface area contributed by atoms with Crippen LogP contribution in [0.15, 0.2) is 48.7 Å². The van der Waals surface area contributed by atoms with Gasteiger partial charge in [-0.15, -0.1) is 0 Å². The summed E-state index contributed by atoms with van der Waals surface area (Å²) in [5.74, 6) is -0.0824. The lowest BCUT2D eigenvalue weighted by Gasteiger charge is -2.06. The number of hydrogen-bond acceptors (Lipinski definition) is 3. The van der Waals surface area contributed by atoms with Gasteiger partial charge in [0.25, 0.3) is 0 Å². The van der Waals surface area contributed by atoms with Crippen molar-refractivity contribution in [2.45, 2.75) is 6.42 Å². The highest BCUT2D eigenvalue weighted by molar-refractivity contribution is 6.03. The Labute approximate surface area is 115 Å². The predicted octanol–water partition coefficient (Wildman–Crippen LogP) is 3.19. The van der Waals surface area contributed by atoms with E-state index in [0.29, 0.717) is 17.7 Å². The molecule has 1 heterocycles. The molecule has 3 rings (SSSR count). The maximum absolute atomic E-state index is 9.80. The minimum atomic E-state index is -0.0742. The molecule has 1 aromatic heterocycles. The zero-order chi connectivity index (χ0) is 14.1. The monoisotopic (exact) mass is 266 g/mol. The minimum absolute atomic E-state index is 0.00820. The van der Waals surface area contributed by atoms with Gasteiger partial charge in [-0.05, 0) is 23.8 Å². The number of phenolic OH excluding ortho intramolecular Hbond substituents is 2. The predicted molar refractivity (Wildman–Crippen MR) is 78.6 cm³/mol. The molecule has 4 heteroatoms. The highest BCUT2D eigenvalue weighted by Crippen LogP contribution is 2.25. The Morgan fingerprint density at radius 3 is 2.70 bits per heavy atom. The summed E-state index contributed by atoms with van der Waals surface area (Å²) in [5, 5.41) is 28.3. The van der Waals surface area contributed by atoms with E-state index in [9.17, 15) is 10.2 Å². The van der Waals surface area contributed by atoms with Crippen LogP contribution in [0, 0.1) is 5.41 Å². The van der Waals surface area contributed by atoms with E-state index in [2.05, 4.69) is 4.98 Å². The van der Waals surface area contributed by atoms with Gasteiger partial charge in [0.15, 0.2) is 0 Å². The molecule has 0 unspecified atom stereocenters. The van der Waals surface area contributed by atoms with Gasteiger partial charge in [-0.3, -0.25) is 0 Å². The molecule has 0 aliphatic heterocycles. The average molecular weight is 266 g/mol. The van der Waals surface area contributed by atoms with E-state index in [1.54, 1.807) is 6.07 Å². The van der Waals surface area contributed by atoms with Gasteiger partial charge in [-0.2, -0.15) is 0 Å². The van der Waals surface area contributed by atoms with E-state index < -0.39 is 0 Å². The molecular formula is C16H14N2O2. The summed E-state index contributed by atoms with van der Waals surface area (Å²) in [6, 6.07) is 12.2. The lowest BCUT2D eigenvalue weighted by Crippen LogP contribution is -2.03. The van der Waals surface area contributed by atoms with Crippen LogP contribution in [0.2, 0.25) is 0 Å². The van der Waals surface area contributed by atoms with Crippen molar-refractivity contribution >= 4 is 16.6 Å². The van der Waals surface area contributed by atoms with E-state index >= 15 is 0 Å². The summed E-state index contributed by atoms with van der Waals surface area (Å²) in [6.45, 7) is 0. The number of benzene rings is 2. The Morgan fingerprint density at radius 2 is 1.90 bits per heavy atom. The number of hydrogen-bond donors (Lipinski definition) is 4. The normalized spacial score (nSPS) is 10.8. The highest BCUT2D eigenvalue weighted by Gasteiger charge is 2.11. The summed E-state index contributed by atoms with van der Waals surface area (Å²) >= 11 is 0. The van der Waals surface area contributed by atoms with Crippen LogP contribution < -0.4 is 0 Å². The van der Waals surface area contributed by atoms with E-state index in [-0.39, 0.29) is 11.5 Å². The maximum atomic E-state index is 9.80. The summed E-state index contributed by atoms with van der Waals surface area (Å²) < 4.78 is 0. The Hall–Kier alpha value is -2.75. The third-order valence-electron chi connectivity index (χ3n) is 3.35. The van der Waals surface area contributed by atoms with Gasteiger partial charge in [0.05, 0.1) is 0 Å². The Balaban J connectivity index is 1.92. The fraction of sp³-hybridized carbons (Fsp3) is 0.0625. The molecule has 2 aromatic carbocycles. The molecular weight excluding hydrogens is 252 g/mol. The van der Waals surface area contributed by atoms with Crippen LogP contribution in [0.5, 0.6) is 11.5 Å². The van der Waals surface area contributed by atoms with Crippen LogP contribution in [0.1, 0.15) is 11.1 Å². The van der Waals surface area contributed by atoms with Crippen LogP contribution in [0.4, 0.5) is 0 Å². The zero-order valence-corrected chi connectivity index (χ0v) is 10.7. The quantitative estimate of drug-likeness (QED) is 0.549. The first-order valence-corrected chi connectivity index (χ1v) is 6.30. The first-order chi connectivity index (χ1) is 9.65. The second kappa shape index (κ2) is 4.74. The van der Waals surface area contributed by atoms with Crippen molar-refractivity contribution in [1.82, 2.24) is 4.98 Å². The van der Waals surface area contributed by atoms with Crippen LogP contribution in [-0.2, 0) is 6.42 Å². The zero-order valence-electron chi connectivity index (χ0n) is 10.7. The molecule has 0 aliphatic rings. The molecule has 0 atom stereocenters. The first-order valence-electron chi connectivity index (χ1n) is 6.30. The number of aromatic hydroxyl groups is 2. The fourth-order valence-electron chi connectivity index (χ4n) is 2.34. The van der Waals surface area contributed by atoms with Crippen LogP contribution in [-0.4, -0.2) is 20.9 Å². The number of para-hydroxylation sites is 1. The molecule has 0 spiro atoms. The lowest BCUT2D eigenvalue weighted by molar-refractivity contribution is 0.450. The number of H-pyrrole nitrogens is 1. The Bertz CT molecular complexity index is 790. The van der Waals surface area contributed by atoms with Gasteiger partial charge >= 0.3 is 0 Å². The minimum Gasteiger partial charge on any atom is -0.508 e. The fourth-order valence-corrected chi connectivity index (χ4v) is 2.34. The van der Waals surface area contributed by atoms with Gasteiger partial charge in [0.1, 0.15) is 11.5 Å². The third kappa shape index (κ3) is 2.12. The molecule has 0 bridgehead atoms. The molecule has 0 amide bonds. The van der Waals surface area contributed by atoms with E-state index in [1.165, 1.54) is 12.1 Å². The number of aromatic nitrogens is 1. The van der Waals surface area contributed by atoms with Crippen molar-refractivity contribution in [3.05, 3.63) is 59.8 Å². The molecule has 0 saturated heterocycles. The highest BCUT2D eigenvalue weighted by atomic mass is 16.3. The molecule has 20 heavy (non-hydrogen) atoms. The second-order valence-electron chi connectivity index (χ2n) is 4.72. The van der Waals surface area contributed by atoms with Crippen molar-refractivity contribution in [2.75, 3.05) is 0 Å². The summed E-state index contributed by atoms with van der Waals surface area (Å²) in [6.07, 6.45) is 2.30. The standard InChI is InChI=1S/C16H14N2O2/c17-14(13-6-5-11(19)8-16(13)20)7-10-9-18-15-4-2-1-3-12(10)15/h1-6,8-9,17-20H,7H2. The first kappa shape index (κ1) is 12.3. The van der Waals surface area contributed by atoms with E-state index in [4.69, 9.17) is 5.41 Å². The van der Waals surface area contributed by atoms with Crippen molar-refractivity contribution in [3.63, 3.8) is 0 Å². The molecule has 0 radical (unpaired) electrons. The topological polar surface area (TPSA) is 80.1 Å². The van der Waals surface area contributed by atoms with Gasteiger partial charge < -0.3 is 20.6 Å². The maximum Gasteiger partial charge on any atom is 0.128 e. The number of phenols is 2. The molecule has 0 aliphatic carbocycles. The van der Waals surface area contributed by atoms with E-state index in [0.717, 1.165) is 16.5 Å².